The summed E-state index contributed by atoms with van der Waals surface area (Å²) in [7, 11) is 0. The van der Waals surface area contributed by atoms with Gasteiger partial charge in [0.25, 0.3) is 0 Å². The van der Waals surface area contributed by atoms with Gasteiger partial charge in [-0.1, -0.05) is 0 Å². The topological polar surface area (TPSA) is 44.0 Å². The van der Waals surface area contributed by atoms with Gasteiger partial charge < -0.3 is 5.11 Å². The molecule has 0 unspecified atom stereocenters. The molecule has 62 valence electrons. The van der Waals surface area contributed by atoms with Crippen LogP contribution in [0.25, 0.3) is 0 Å². The fourth-order valence-corrected chi connectivity index (χ4v) is 0.689. The van der Waals surface area contributed by atoms with Crippen molar-refractivity contribution < 1.29 is 18.3 Å². The van der Waals surface area contributed by atoms with E-state index in [1.54, 1.807) is 0 Å². The van der Waals surface area contributed by atoms with Crippen molar-refractivity contribution in [3.05, 3.63) is 29.1 Å². The van der Waals surface area contributed by atoms with Gasteiger partial charge in [0.15, 0.2) is 17.5 Å². The number of phenolic OH excluding ortho intramolecular Hbond substituents is 1. The quantitative estimate of drug-likeness (QED) is 0.606. The van der Waals surface area contributed by atoms with Crippen molar-refractivity contribution >= 4 is 0 Å². The van der Waals surface area contributed by atoms with Gasteiger partial charge in [-0.15, -0.1) is 0 Å². The van der Waals surface area contributed by atoms with Crippen molar-refractivity contribution in [2.75, 3.05) is 0 Å². The third kappa shape index (κ3) is 1.07. The number of hydrogen-bond acceptors (Lipinski definition) is 2. The summed E-state index contributed by atoms with van der Waals surface area (Å²) < 4.78 is 37.1. The number of aromatic hydroxyl groups is 1. The minimum Gasteiger partial charge on any atom is -0.506 e. The standard InChI is InChI=1S/C7H2F3NO/c8-4-1-5(12)3(2-11)6(9)7(4)10/h1,12H. The van der Waals surface area contributed by atoms with E-state index in [0.29, 0.717) is 6.07 Å². The molecule has 0 saturated carbocycles. The van der Waals surface area contributed by atoms with Gasteiger partial charge in [-0.25, -0.2) is 13.2 Å². The zero-order valence-electron chi connectivity index (χ0n) is 5.61. The third-order valence-electron chi connectivity index (χ3n) is 1.25. The van der Waals surface area contributed by atoms with Crippen LogP contribution in [0.2, 0.25) is 0 Å². The molecule has 0 aliphatic carbocycles. The third-order valence-corrected chi connectivity index (χ3v) is 1.25. The summed E-state index contributed by atoms with van der Waals surface area (Å²) in [6.45, 7) is 0. The van der Waals surface area contributed by atoms with E-state index in [1.165, 1.54) is 6.07 Å². The highest BCUT2D eigenvalue weighted by molar-refractivity contribution is 5.43. The molecule has 1 rings (SSSR count). The first kappa shape index (κ1) is 8.40. The molecule has 0 amide bonds. The molecule has 0 aliphatic heterocycles. The van der Waals surface area contributed by atoms with Crippen LogP contribution in [0.5, 0.6) is 5.75 Å². The lowest BCUT2D eigenvalue weighted by molar-refractivity contribution is 0.416. The molecule has 5 heteroatoms. The Morgan fingerprint density at radius 2 is 1.83 bits per heavy atom. The Kier molecular flexibility index (Phi) is 1.92. The summed E-state index contributed by atoms with van der Waals surface area (Å²) in [4.78, 5) is 0. The minimum atomic E-state index is -1.76. The van der Waals surface area contributed by atoms with Gasteiger partial charge in [-0.2, -0.15) is 5.26 Å². The molecule has 1 aromatic rings. The van der Waals surface area contributed by atoms with Crippen LogP contribution in [0.1, 0.15) is 5.56 Å². The summed E-state index contributed by atoms with van der Waals surface area (Å²) >= 11 is 0. The van der Waals surface area contributed by atoms with E-state index in [1.807, 2.05) is 0 Å². The van der Waals surface area contributed by atoms with E-state index in [9.17, 15) is 13.2 Å². The molecule has 0 aromatic heterocycles. The molecular weight excluding hydrogens is 171 g/mol. The maximum Gasteiger partial charge on any atom is 0.196 e. The van der Waals surface area contributed by atoms with Gasteiger partial charge in [0.05, 0.1) is 0 Å². The van der Waals surface area contributed by atoms with Gasteiger partial charge in [-0.3, -0.25) is 0 Å². The van der Waals surface area contributed by atoms with E-state index in [-0.39, 0.29) is 0 Å². The Bertz CT molecular complexity index is 370. The van der Waals surface area contributed by atoms with Crippen molar-refractivity contribution in [1.29, 1.82) is 5.26 Å². The van der Waals surface area contributed by atoms with Crippen molar-refractivity contribution in [2.45, 2.75) is 0 Å². The highest BCUT2D eigenvalue weighted by Gasteiger charge is 2.17. The van der Waals surface area contributed by atoms with E-state index >= 15 is 0 Å². The zero-order valence-corrected chi connectivity index (χ0v) is 5.61. The van der Waals surface area contributed by atoms with Gasteiger partial charge in [0.1, 0.15) is 17.4 Å². The maximum absolute atomic E-state index is 12.5. The van der Waals surface area contributed by atoms with E-state index in [2.05, 4.69) is 0 Å². The second kappa shape index (κ2) is 2.74. The summed E-state index contributed by atoms with van der Waals surface area (Å²) in [5, 5.41) is 16.9. The average molecular weight is 173 g/mol. The lowest BCUT2D eigenvalue weighted by Gasteiger charge is -1.99. The fraction of sp³-hybridized carbons (Fsp3) is 0. The molecule has 0 fully saturated rings. The predicted octanol–water partition coefficient (Wildman–Crippen LogP) is 1.68. The molecule has 0 saturated heterocycles. The second-order valence-electron chi connectivity index (χ2n) is 1.99. The van der Waals surface area contributed by atoms with E-state index < -0.39 is 28.8 Å². The van der Waals surface area contributed by atoms with Crippen LogP contribution in [-0.4, -0.2) is 5.11 Å². The molecule has 12 heavy (non-hydrogen) atoms. The average Bonchev–Trinajstić information content (AvgIpc) is 2.01. The fourth-order valence-electron chi connectivity index (χ4n) is 0.689. The van der Waals surface area contributed by atoms with Crippen LogP contribution in [0.15, 0.2) is 6.07 Å². The highest BCUT2D eigenvalue weighted by atomic mass is 19.2. The van der Waals surface area contributed by atoms with Crippen LogP contribution in [0.4, 0.5) is 13.2 Å². The second-order valence-corrected chi connectivity index (χ2v) is 1.99. The number of halogens is 3. The normalized spacial score (nSPS) is 9.50. The molecule has 1 aromatic carbocycles. The number of nitriles is 1. The first-order valence-corrected chi connectivity index (χ1v) is 2.84. The maximum atomic E-state index is 12.5. The van der Waals surface area contributed by atoms with Crippen LogP contribution in [0.3, 0.4) is 0 Å². The first-order chi connectivity index (χ1) is 5.57. The predicted molar refractivity (Wildman–Crippen MR) is 32.7 cm³/mol. The molecular formula is C7H2F3NO. The Morgan fingerprint density at radius 3 is 2.33 bits per heavy atom. The van der Waals surface area contributed by atoms with Gasteiger partial charge in [-0.05, 0) is 0 Å². The first-order valence-electron chi connectivity index (χ1n) is 2.84. The molecule has 0 aliphatic rings. The Balaban J connectivity index is 3.54. The van der Waals surface area contributed by atoms with E-state index in [0.717, 1.165) is 0 Å². The lowest BCUT2D eigenvalue weighted by atomic mass is 10.2. The molecule has 2 nitrogen and oxygen atoms in total. The minimum absolute atomic E-state index is 0.344. The SMILES string of the molecule is N#Cc1c(O)cc(F)c(F)c1F. The number of hydrogen-bond donors (Lipinski definition) is 1. The summed E-state index contributed by atoms with van der Waals surface area (Å²) in [5.74, 6) is -5.86. The smallest absolute Gasteiger partial charge is 0.196 e. The van der Waals surface area contributed by atoms with Crippen LogP contribution in [-0.2, 0) is 0 Å². The van der Waals surface area contributed by atoms with Crippen molar-refractivity contribution in [3.8, 4) is 11.8 Å². The molecule has 1 N–H and O–H groups in total. The Hall–Kier alpha value is -1.70. The Morgan fingerprint density at radius 1 is 1.25 bits per heavy atom. The monoisotopic (exact) mass is 173 g/mol. The van der Waals surface area contributed by atoms with Gasteiger partial charge >= 0.3 is 0 Å². The number of nitrogens with zero attached hydrogens (tertiary/aromatic N) is 1. The number of phenols is 1. The summed E-state index contributed by atoms with van der Waals surface area (Å²) in [6, 6.07) is 1.54. The zero-order chi connectivity index (χ0) is 9.30. The van der Waals surface area contributed by atoms with Crippen molar-refractivity contribution in [3.63, 3.8) is 0 Å². The largest absolute Gasteiger partial charge is 0.506 e. The van der Waals surface area contributed by atoms with Gasteiger partial charge in [0, 0.05) is 6.07 Å². The molecule has 0 heterocycles. The van der Waals surface area contributed by atoms with Crippen LogP contribution >= 0.6 is 0 Å². The number of rotatable bonds is 0. The molecule has 0 bridgehead atoms. The van der Waals surface area contributed by atoms with Crippen LogP contribution in [0, 0.1) is 28.8 Å². The van der Waals surface area contributed by atoms with Crippen LogP contribution < -0.4 is 0 Å². The van der Waals surface area contributed by atoms with Crippen molar-refractivity contribution in [1.82, 2.24) is 0 Å². The summed E-state index contributed by atoms with van der Waals surface area (Å²) in [6.07, 6.45) is 0. The van der Waals surface area contributed by atoms with E-state index in [4.69, 9.17) is 10.4 Å². The Labute approximate surface area is 65.5 Å². The number of benzene rings is 1. The lowest BCUT2D eigenvalue weighted by Crippen LogP contribution is -1.94. The summed E-state index contributed by atoms with van der Waals surface area (Å²) in [5.41, 5.74) is -0.895. The van der Waals surface area contributed by atoms with Gasteiger partial charge in [0.2, 0.25) is 0 Å². The highest BCUT2D eigenvalue weighted by Crippen LogP contribution is 2.23. The molecule has 0 radical (unpaired) electrons. The molecule has 0 spiro atoms. The van der Waals surface area contributed by atoms with Crippen molar-refractivity contribution in [2.24, 2.45) is 0 Å². The molecule has 0 atom stereocenters.